The zero-order valence-corrected chi connectivity index (χ0v) is 13.8. The SMILES string of the molecule is CCC(Cl)C(=O)C(C#N)c1nc(-c2ccc(OC)cc2)cs1. The third-order valence-corrected chi connectivity index (χ3v) is 4.67. The number of rotatable bonds is 6. The van der Waals surface area contributed by atoms with Gasteiger partial charge in [-0.3, -0.25) is 4.79 Å². The molecule has 0 N–H and O–H groups in total. The summed E-state index contributed by atoms with van der Waals surface area (Å²) in [6.45, 7) is 1.81. The first kappa shape index (κ1) is 16.5. The Balaban J connectivity index is 2.26. The minimum atomic E-state index is -0.903. The second-order valence-corrected chi connectivity index (χ2v) is 6.06. The molecule has 0 bridgehead atoms. The van der Waals surface area contributed by atoms with Gasteiger partial charge in [0.25, 0.3) is 0 Å². The number of ketones is 1. The molecule has 0 spiro atoms. The molecule has 22 heavy (non-hydrogen) atoms. The quantitative estimate of drug-likeness (QED) is 0.749. The lowest BCUT2D eigenvalue weighted by atomic mass is 10.0. The molecule has 6 heteroatoms. The van der Waals surface area contributed by atoms with Crippen LogP contribution in [0.5, 0.6) is 5.75 Å². The second-order valence-electron chi connectivity index (χ2n) is 4.64. The Labute approximate surface area is 138 Å². The average Bonchev–Trinajstić information content (AvgIpc) is 3.04. The predicted octanol–water partition coefficient (Wildman–Crippen LogP) is 4.01. The summed E-state index contributed by atoms with van der Waals surface area (Å²) in [5.74, 6) is -0.432. The van der Waals surface area contributed by atoms with Crippen molar-refractivity contribution in [3.8, 4) is 23.1 Å². The topological polar surface area (TPSA) is 63.0 Å². The van der Waals surface area contributed by atoms with E-state index in [0.717, 1.165) is 17.0 Å². The van der Waals surface area contributed by atoms with Crippen LogP contribution in [0.2, 0.25) is 0 Å². The minimum absolute atomic E-state index is 0.290. The van der Waals surface area contributed by atoms with Crippen molar-refractivity contribution in [2.45, 2.75) is 24.6 Å². The summed E-state index contributed by atoms with van der Waals surface area (Å²) in [4.78, 5) is 16.6. The van der Waals surface area contributed by atoms with E-state index < -0.39 is 11.3 Å². The molecular weight excluding hydrogens is 320 g/mol. The molecule has 0 aliphatic rings. The lowest BCUT2D eigenvalue weighted by Crippen LogP contribution is -2.21. The summed E-state index contributed by atoms with van der Waals surface area (Å²) >= 11 is 7.26. The Morgan fingerprint density at radius 2 is 2.14 bits per heavy atom. The summed E-state index contributed by atoms with van der Waals surface area (Å²) in [5.41, 5.74) is 1.64. The number of nitriles is 1. The van der Waals surface area contributed by atoms with Gasteiger partial charge < -0.3 is 4.74 Å². The molecule has 1 heterocycles. The fraction of sp³-hybridized carbons (Fsp3) is 0.312. The second kappa shape index (κ2) is 7.39. The van der Waals surface area contributed by atoms with Crippen molar-refractivity contribution in [2.24, 2.45) is 0 Å². The summed E-state index contributed by atoms with van der Waals surface area (Å²) in [7, 11) is 1.61. The summed E-state index contributed by atoms with van der Waals surface area (Å²) in [6, 6.07) is 9.46. The molecule has 0 aliphatic heterocycles. The Morgan fingerprint density at radius 1 is 1.45 bits per heavy atom. The monoisotopic (exact) mass is 334 g/mol. The molecule has 0 aliphatic carbocycles. The molecule has 1 aromatic carbocycles. The number of Topliss-reactive ketones (excluding diaryl/α,β-unsaturated/α-hetero) is 1. The van der Waals surface area contributed by atoms with Crippen LogP contribution in [-0.4, -0.2) is 23.3 Å². The normalized spacial score (nSPS) is 13.2. The van der Waals surface area contributed by atoms with Gasteiger partial charge in [0.1, 0.15) is 10.8 Å². The number of thiazole rings is 1. The molecule has 0 saturated heterocycles. The fourth-order valence-corrected chi connectivity index (χ4v) is 2.94. The third-order valence-electron chi connectivity index (χ3n) is 3.24. The summed E-state index contributed by atoms with van der Waals surface area (Å²) in [6.07, 6.45) is 0.495. The number of carbonyl (C=O) groups excluding carboxylic acids is 1. The van der Waals surface area contributed by atoms with Gasteiger partial charge in [0.2, 0.25) is 0 Å². The van der Waals surface area contributed by atoms with Gasteiger partial charge >= 0.3 is 0 Å². The van der Waals surface area contributed by atoms with Crippen LogP contribution in [0, 0.1) is 11.3 Å². The average molecular weight is 335 g/mol. The van der Waals surface area contributed by atoms with E-state index in [-0.39, 0.29) is 5.78 Å². The maximum Gasteiger partial charge on any atom is 0.174 e. The summed E-state index contributed by atoms with van der Waals surface area (Å²) in [5, 5.41) is 10.9. The van der Waals surface area contributed by atoms with Crippen molar-refractivity contribution >= 4 is 28.7 Å². The Kier molecular flexibility index (Phi) is 5.53. The van der Waals surface area contributed by atoms with E-state index in [2.05, 4.69) is 4.98 Å². The standard InChI is InChI=1S/C16H15ClN2O2S/c1-3-13(17)15(20)12(8-18)16-19-14(9-22-16)10-4-6-11(21-2)7-5-10/h4-7,9,12-13H,3H2,1-2H3. The number of methoxy groups -OCH3 is 1. The number of carbonyl (C=O) groups is 1. The first-order valence-corrected chi connectivity index (χ1v) is 8.09. The van der Waals surface area contributed by atoms with E-state index in [1.165, 1.54) is 11.3 Å². The van der Waals surface area contributed by atoms with Gasteiger partial charge in [-0.05, 0) is 30.7 Å². The molecule has 0 saturated carbocycles. The van der Waals surface area contributed by atoms with E-state index in [1.807, 2.05) is 42.6 Å². The molecule has 2 unspecified atom stereocenters. The molecule has 2 aromatic rings. The number of halogens is 1. The van der Waals surface area contributed by atoms with Crippen molar-refractivity contribution in [2.75, 3.05) is 7.11 Å². The van der Waals surface area contributed by atoms with Crippen LogP contribution < -0.4 is 4.74 Å². The fourth-order valence-electron chi connectivity index (χ4n) is 1.94. The first-order valence-electron chi connectivity index (χ1n) is 6.78. The van der Waals surface area contributed by atoms with Gasteiger partial charge in [0.05, 0.1) is 24.3 Å². The van der Waals surface area contributed by atoms with Crippen LogP contribution in [0.3, 0.4) is 0 Å². The highest BCUT2D eigenvalue weighted by Crippen LogP contribution is 2.29. The summed E-state index contributed by atoms with van der Waals surface area (Å²) < 4.78 is 5.12. The zero-order chi connectivity index (χ0) is 16.1. The largest absolute Gasteiger partial charge is 0.497 e. The van der Waals surface area contributed by atoms with Crippen molar-refractivity contribution in [1.29, 1.82) is 5.26 Å². The molecular formula is C16H15ClN2O2S. The molecule has 0 amide bonds. The predicted molar refractivity (Wildman–Crippen MR) is 87.4 cm³/mol. The smallest absolute Gasteiger partial charge is 0.174 e. The minimum Gasteiger partial charge on any atom is -0.497 e. The number of nitrogens with zero attached hydrogens (tertiary/aromatic N) is 2. The maximum absolute atomic E-state index is 12.1. The first-order chi connectivity index (χ1) is 10.6. The van der Waals surface area contributed by atoms with Gasteiger partial charge in [0, 0.05) is 10.9 Å². The molecule has 0 fully saturated rings. The van der Waals surface area contributed by atoms with Crippen LogP contribution in [0.1, 0.15) is 24.3 Å². The van der Waals surface area contributed by atoms with Crippen LogP contribution in [-0.2, 0) is 4.79 Å². The molecule has 4 nitrogen and oxygen atoms in total. The van der Waals surface area contributed by atoms with Gasteiger partial charge in [-0.25, -0.2) is 4.98 Å². The van der Waals surface area contributed by atoms with E-state index in [0.29, 0.717) is 11.4 Å². The Hall–Kier alpha value is -1.90. The lowest BCUT2D eigenvalue weighted by molar-refractivity contribution is -0.119. The zero-order valence-electron chi connectivity index (χ0n) is 12.2. The van der Waals surface area contributed by atoms with Gasteiger partial charge in [0.15, 0.2) is 11.7 Å². The molecule has 0 radical (unpaired) electrons. The number of hydrogen-bond acceptors (Lipinski definition) is 5. The van der Waals surface area contributed by atoms with E-state index in [9.17, 15) is 10.1 Å². The number of ether oxygens (including phenoxy) is 1. The highest BCUT2D eigenvalue weighted by molar-refractivity contribution is 7.10. The molecule has 1 aromatic heterocycles. The van der Waals surface area contributed by atoms with Crippen LogP contribution in [0.25, 0.3) is 11.3 Å². The van der Waals surface area contributed by atoms with Gasteiger partial charge in [-0.2, -0.15) is 5.26 Å². The number of alkyl halides is 1. The van der Waals surface area contributed by atoms with Crippen LogP contribution in [0.4, 0.5) is 0 Å². The number of benzene rings is 1. The van der Waals surface area contributed by atoms with E-state index in [1.54, 1.807) is 7.11 Å². The Bertz CT molecular complexity index is 691. The molecule has 114 valence electrons. The highest BCUT2D eigenvalue weighted by Gasteiger charge is 2.28. The van der Waals surface area contributed by atoms with Crippen LogP contribution >= 0.6 is 22.9 Å². The van der Waals surface area contributed by atoms with Crippen molar-refractivity contribution < 1.29 is 9.53 Å². The van der Waals surface area contributed by atoms with Crippen molar-refractivity contribution in [1.82, 2.24) is 4.98 Å². The lowest BCUT2D eigenvalue weighted by Gasteiger charge is -2.08. The van der Waals surface area contributed by atoms with E-state index in [4.69, 9.17) is 16.3 Å². The number of hydrogen-bond donors (Lipinski definition) is 0. The molecule has 2 atom stereocenters. The van der Waals surface area contributed by atoms with Crippen LogP contribution in [0.15, 0.2) is 29.6 Å². The van der Waals surface area contributed by atoms with Gasteiger partial charge in [-0.15, -0.1) is 22.9 Å². The number of aromatic nitrogens is 1. The van der Waals surface area contributed by atoms with Crippen molar-refractivity contribution in [3.63, 3.8) is 0 Å². The highest BCUT2D eigenvalue weighted by atomic mass is 35.5. The van der Waals surface area contributed by atoms with Gasteiger partial charge in [-0.1, -0.05) is 6.92 Å². The maximum atomic E-state index is 12.1. The Morgan fingerprint density at radius 3 is 2.68 bits per heavy atom. The van der Waals surface area contributed by atoms with E-state index >= 15 is 0 Å². The molecule has 2 rings (SSSR count). The third kappa shape index (κ3) is 3.46. The van der Waals surface area contributed by atoms with Crippen molar-refractivity contribution in [3.05, 3.63) is 34.7 Å².